The monoisotopic (exact) mass is 430 g/mol. The van der Waals surface area contributed by atoms with Crippen LogP contribution in [-0.4, -0.2) is 42.1 Å². The summed E-state index contributed by atoms with van der Waals surface area (Å²) >= 11 is 0. The van der Waals surface area contributed by atoms with E-state index in [1.165, 1.54) is 18.3 Å². The Morgan fingerprint density at radius 1 is 1.17 bits per heavy atom. The number of pyridine rings is 2. The highest BCUT2D eigenvalue weighted by Crippen LogP contribution is 2.29. The van der Waals surface area contributed by atoms with Crippen molar-refractivity contribution >= 4 is 17.6 Å². The second-order valence-corrected chi connectivity index (χ2v) is 5.76. The molecular formula is C19H20F3N7O. The maximum atomic E-state index is 13.5. The smallest absolute Gasteiger partial charge is 0.389 e. The van der Waals surface area contributed by atoms with E-state index in [9.17, 15) is 18.3 Å². The zero-order chi connectivity index (χ0) is 31.3. The molecule has 3 N–H and O–H groups in total. The standard InChI is InChI=1S/C19H20F3N7O/c1-11-9-12(7-8-23-11)25-17-28-15(27-16(29-17)24-10-18(2,3)30)13-5-4-6-14(26-13)19(20,21)22/h4-9,30H,10H2,1-3H3,(H2,23,24,25,27,28,29)/i2D3,3D3,4D,5D,6D,10D2. The van der Waals surface area contributed by atoms with E-state index in [0.29, 0.717) is 5.69 Å². The maximum absolute atomic E-state index is 13.5. The van der Waals surface area contributed by atoms with Crippen molar-refractivity contribution in [1.82, 2.24) is 24.9 Å². The summed E-state index contributed by atoms with van der Waals surface area (Å²) in [5.41, 5.74) is -6.14. The van der Waals surface area contributed by atoms with Gasteiger partial charge in [-0.25, -0.2) is 4.98 Å². The largest absolute Gasteiger partial charge is 0.433 e. The van der Waals surface area contributed by atoms with Crippen LogP contribution in [0.3, 0.4) is 0 Å². The molecule has 3 rings (SSSR count). The molecule has 0 saturated heterocycles. The average molecular weight is 430 g/mol. The van der Waals surface area contributed by atoms with Gasteiger partial charge < -0.3 is 15.7 Å². The third-order valence-electron chi connectivity index (χ3n) is 3.21. The number of anilines is 3. The van der Waals surface area contributed by atoms with E-state index < -0.39 is 79.2 Å². The highest BCUT2D eigenvalue weighted by molar-refractivity contribution is 5.59. The van der Waals surface area contributed by atoms with Crippen molar-refractivity contribution in [3.8, 4) is 11.5 Å². The number of aromatic nitrogens is 5. The van der Waals surface area contributed by atoms with Crippen LogP contribution in [-0.2, 0) is 6.18 Å². The fourth-order valence-corrected chi connectivity index (χ4v) is 2.05. The quantitative estimate of drug-likeness (QED) is 0.545. The van der Waals surface area contributed by atoms with Crippen LogP contribution in [0.1, 0.15) is 40.2 Å². The van der Waals surface area contributed by atoms with Gasteiger partial charge in [0.2, 0.25) is 11.9 Å². The van der Waals surface area contributed by atoms with E-state index >= 15 is 0 Å². The molecule has 8 nitrogen and oxygen atoms in total. The van der Waals surface area contributed by atoms with Gasteiger partial charge >= 0.3 is 6.18 Å². The van der Waals surface area contributed by atoms with Gasteiger partial charge in [0.05, 0.1) is 12.5 Å². The van der Waals surface area contributed by atoms with Crippen molar-refractivity contribution in [3.05, 3.63) is 47.8 Å². The number of hydrogen-bond donors (Lipinski definition) is 3. The fourth-order valence-electron chi connectivity index (χ4n) is 2.05. The SMILES string of the molecule is [2H]c1c(-c2nc(Nc3ccnc(C)c3)nc(NC([2H])([2H])C(O)(C([2H])([2H])[2H])C([2H])([2H])[2H])n2)nc(C(F)(F)F)c([2H])c1[2H]. The lowest BCUT2D eigenvalue weighted by Gasteiger charge is -2.18. The molecule has 3 aromatic heterocycles. The number of aryl methyl sites for hydroxylation is 1. The van der Waals surface area contributed by atoms with Gasteiger partial charge in [0.1, 0.15) is 11.4 Å². The predicted molar refractivity (Wildman–Crippen MR) is 105 cm³/mol. The van der Waals surface area contributed by atoms with Gasteiger partial charge in [-0.1, -0.05) is 6.04 Å². The van der Waals surface area contributed by atoms with Crippen LogP contribution >= 0.6 is 0 Å². The zero-order valence-electron chi connectivity index (χ0n) is 26.0. The molecule has 0 aliphatic rings. The van der Waals surface area contributed by atoms with Gasteiger partial charge in [0, 0.05) is 32.3 Å². The second-order valence-electron chi connectivity index (χ2n) is 5.76. The van der Waals surface area contributed by atoms with E-state index in [1.807, 2.05) is 0 Å². The van der Waals surface area contributed by atoms with Crippen LogP contribution in [0, 0.1) is 6.92 Å². The van der Waals surface area contributed by atoms with E-state index in [-0.39, 0.29) is 5.69 Å². The first-order chi connectivity index (χ1) is 18.5. The van der Waals surface area contributed by atoms with Crippen LogP contribution in [0.4, 0.5) is 30.8 Å². The van der Waals surface area contributed by atoms with Gasteiger partial charge in [-0.3, -0.25) is 4.98 Å². The molecule has 0 aliphatic heterocycles. The van der Waals surface area contributed by atoms with Gasteiger partial charge in [0.25, 0.3) is 0 Å². The molecule has 0 bridgehead atoms. The van der Waals surface area contributed by atoms with E-state index in [0.717, 1.165) is 0 Å². The fraction of sp³-hybridized carbons (Fsp3) is 0.316. The molecule has 11 heteroatoms. The van der Waals surface area contributed by atoms with Gasteiger partial charge in [0.15, 0.2) is 5.82 Å². The first-order valence-electron chi connectivity index (χ1n) is 13.5. The molecule has 3 aromatic rings. The Balaban J connectivity index is 2.28. The van der Waals surface area contributed by atoms with Crippen molar-refractivity contribution in [2.75, 3.05) is 17.1 Å². The first-order valence-corrected chi connectivity index (χ1v) is 8.01. The molecular weight excluding hydrogens is 399 g/mol. The van der Waals surface area contributed by atoms with E-state index in [1.54, 1.807) is 12.2 Å². The minimum Gasteiger partial charge on any atom is -0.389 e. The number of hydrogen-bond acceptors (Lipinski definition) is 8. The molecule has 0 unspecified atom stereocenters. The Morgan fingerprint density at radius 3 is 2.63 bits per heavy atom. The Kier molecular flexibility index (Phi) is 3.05. The minimum absolute atomic E-state index is 0.253. The highest BCUT2D eigenvalue weighted by Gasteiger charge is 2.32. The topological polar surface area (TPSA) is 109 Å². The number of rotatable bonds is 6. The van der Waals surface area contributed by atoms with Crippen LogP contribution < -0.4 is 10.6 Å². The molecule has 0 fully saturated rings. The van der Waals surface area contributed by atoms with Gasteiger partial charge in [-0.05, 0) is 44.8 Å². The normalized spacial score (nSPS) is 18.6. The Hall–Kier alpha value is -3.34. The molecule has 0 saturated carbocycles. The second kappa shape index (κ2) is 8.19. The number of nitrogens with one attached hydrogen (secondary N) is 2. The summed E-state index contributed by atoms with van der Waals surface area (Å²) in [6.07, 6.45) is -3.87. The lowest BCUT2D eigenvalue weighted by atomic mass is 10.1. The van der Waals surface area contributed by atoms with Crippen molar-refractivity contribution in [1.29, 1.82) is 0 Å². The van der Waals surface area contributed by atoms with E-state index in [2.05, 4.69) is 30.2 Å². The molecule has 158 valence electrons. The minimum atomic E-state index is -5.23. The lowest BCUT2D eigenvalue weighted by molar-refractivity contribution is -0.141. The third kappa shape index (κ3) is 5.83. The molecule has 0 radical (unpaired) electrons. The van der Waals surface area contributed by atoms with Crippen molar-refractivity contribution < 1.29 is 33.4 Å². The van der Waals surface area contributed by atoms with Gasteiger partial charge in [-0.15, -0.1) is 0 Å². The first kappa shape index (κ1) is 11.2. The molecule has 0 atom stereocenters. The average Bonchev–Trinajstić information content (AvgIpc) is 2.79. The molecule has 3 heterocycles. The Bertz CT molecular complexity index is 1450. The zero-order valence-corrected chi connectivity index (χ0v) is 15.0. The van der Waals surface area contributed by atoms with Crippen molar-refractivity contribution in [2.24, 2.45) is 0 Å². The summed E-state index contributed by atoms with van der Waals surface area (Å²) in [6.45, 7) is -9.82. The number of nitrogens with zero attached hydrogens (tertiary/aromatic N) is 5. The van der Waals surface area contributed by atoms with Crippen LogP contribution in [0.5, 0.6) is 0 Å². The Morgan fingerprint density at radius 2 is 1.93 bits per heavy atom. The predicted octanol–water partition coefficient (Wildman–Crippen LogP) is 3.58. The van der Waals surface area contributed by atoms with Crippen LogP contribution in [0.15, 0.2) is 36.5 Å². The summed E-state index contributed by atoms with van der Waals surface area (Å²) in [5.74, 6) is -2.40. The summed E-state index contributed by atoms with van der Waals surface area (Å²) < 4.78 is 125. The van der Waals surface area contributed by atoms with E-state index in [4.69, 9.17) is 15.1 Å². The third-order valence-corrected chi connectivity index (χ3v) is 3.21. The highest BCUT2D eigenvalue weighted by atomic mass is 19.4. The number of aliphatic hydroxyl groups is 1. The summed E-state index contributed by atoms with van der Waals surface area (Å²) in [4.78, 5) is 18.6. The Labute approximate surface area is 186 Å². The summed E-state index contributed by atoms with van der Waals surface area (Å²) in [5, 5.41) is 15.1. The molecule has 0 aromatic carbocycles. The summed E-state index contributed by atoms with van der Waals surface area (Å²) in [6, 6.07) is -0.718. The molecule has 0 amide bonds. The number of halogens is 3. The number of alkyl halides is 3. The van der Waals surface area contributed by atoms with Gasteiger partial charge in [-0.2, -0.15) is 28.1 Å². The van der Waals surface area contributed by atoms with Crippen molar-refractivity contribution in [2.45, 2.75) is 32.4 Å². The van der Waals surface area contributed by atoms with Crippen LogP contribution in [0.2, 0.25) is 0 Å². The van der Waals surface area contributed by atoms with Crippen molar-refractivity contribution in [3.63, 3.8) is 0 Å². The van der Waals surface area contributed by atoms with Crippen LogP contribution in [0.25, 0.3) is 11.5 Å². The molecule has 0 aliphatic carbocycles. The lowest BCUT2D eigenvalue weighted by Crippen LogP contribution is -2.30. The summed E-state index contributed by atoms with van der Waals surface area (Å²) in [7, 11) is 0. The molecule has 30 heavy (non-hydrogen) atoms. The molecule has 0 spiro atoms. The maximum Gasteiger partial charge on any atom is 0.433 e.